The number of halogens is 2. The minimum absolute atomic E-state index is 0.0816. The Morgan fingerprint density at radius 2 is 2.17 bits per heavy atom. The summed E-state index contributed by atoms with van der Waals surface area (Å²) in [6.45, 7) is 1.76. The molecular formula is C8H7BrFNO. The van der Waals surface area contributed by atoms with Crippen LogP contribution in [0, 0.1) is 12.7 Å². The van der Waals surface area contributed by atoms with Crippen molar-refractivity contribution in [3.05, 3.63) is 33.5 Å². The average molecular weight is 232 g/mol. The zero-order valence-electron chi connectivity index (χ0n) is 6.40. The predicted molar refractivity (Wildman–Crippen MR) is 47.4 cm³/mol. The van der Waals surface area contributed by atoms with Gasteiger partial charge in [-0.2, -0.15) is 0 Å². The molecule has 0 heterocycles. The maximum atomic E-state index is 13.1. The molecule has 1 amide bonds. The first-order valence-corrected chi connectivity index (χ1v) is 4.07. The molecule has 0 saturated heterocycles. The molecule has 1 rings (SSSR count). The van der Waals surface area contributed by atoms with Gasteiger partial charge >= 0.3 is 0 Å². The van der Waals surface area contributed by atoms with Gasteiger partial charge in [0, 0.05) is 0 Å². The van der Waals surface area contributed by atoms with Crippen molar-refractivity contribution in [3.8, 4) is 0 Å². The summed E-state index contributed by atoms with van der Waals surface area (Å²) in [5.74, 6) is -1.36. The maximum Gasteiger partial charge on any atom is 0.251 e. The monoisotopic (exact) mass is 231 g/mol. The number of nitrogens with two attached hydrogens (primary N) is 1. The number of amides is 1. The van der Waals surface area contributed by atoms with Crippen LogP contribution in [0.2, 0.25) is 0 Å². The largest absolute Gasteiger partial charge is 0.366 e. The normalized spacial score (nSPS) is 9.92. The van der Waals surface area contributed by atoms with E-state index in [2.05, 4.69) is 15.9 Å². The summed E-state index contributed by atoms with van der Waals surface area (Å²) in [4.78, 5) is 10.7. The number of hydrogen-bond acceptors (Lipinski definition) is 1. The predicted octanol–water partition coefficient (Wildman–Crippen LogP) is 2.00. The third-order valence-corrected chi connectivity index (χ3v) is 2.02. The van der Waals surface area contributed by atoms with Crippen LogP contribution in [0.5, 0.6) is 0 Å². The molecule has 0 aromatic heterocycles. The lowest BCUT2D eigenvalue weighted by molar-refractivity contribution is 0.0996. The number of carbonyl (C=O) groups excluding carboxylic acids is 1. The number of rotatable bonds is 1. The lowest BCUT2D eigenvalue weighted by atomic mass is 10.1. The van der Waals surface area contributed by atoms with Gasteiger partial charge in [0.2, 0.25) is 0 Å². The van der Waals surface area contributed by atoms with E-state index in [1.165, 1.54) is 6.07 Å². The molecule has 0 aliphatic heterocycles. The molecule has 0 aliphatic carbocycles. The zero-order chi connectivity index (χ0) is 9.30. The molecule has 64 valence electrons. The van der Waals surface area contributed by atoms with Crippen LogP contribution in [0.3, 0.4) is 0 Å². The third kappa shape index (κ3) is 1.64. The summed E-state index contributed by atoms with van der Waals surface area (Å²) < 4.78 is 13.3. The van der Waals surface area contributed by atoms with E-state index in [1.807, 2.05) is 0 Å². The first kappa shape index (κ1) is 9.19. The Balaban J connectivity index is 3.37. The summed E-state index contributed by atoms with van der Waals surface area (Å²) in [6.07, 6.45) is 0. The smallest absolute Gasteiger partial charge is 0.251 e. The van der Waals surface area contributed by atoms with E-state index in [0.29, 0.717) is 0 Å². The van der Waals surface area contributed by atoms with E-state index in [9.17, 15) is 9.18 Å². The fraction of sp³-hybridized carbons (Fsp3) is 0.125. The fourth-order valence-electron chi connectivity index (χ4n) is 0.904. The van der Waals surface area contributed by atoms with Crippen molar-refractivity contribution in [1.29, 1.82) is 0 Å². The van der Waals surface area contributed by atoms with Crippen molar-refractivity contribution in [2.24, 2.45) is 5.73 Å². The number of aryl methyl sites for hydroxylation is 1. The van der Waals surface area contributed by atoms with Gasteiger partial charge < -0.3 is 5.73 Å². The van der Waals surface area contributed by atoms with Crippen molar-refractivity contribution >= 4 is 21.8 Å². The van der Waals surface area contributed by atoms with Crippen LogP contribution in [0.4, 0.5) is 4.39 Å². The van der Waals surface area contributed by atoms with Gasteiger partial charge in [-0.15, -0.1) is 0 Å². The van der Waals surface area contributed by atoms with Gasteiger partial charge in [0.25, 0.3) is 5.91 Å². The van der Waals surface area contributed by atoms with Gasteiger partial charge in [0.05, 0.1) is 10.0 Å². The molecule has 0 saturated carbocycles. The molecule has 0 atom stereocenters. The van der Waals surface area contributed by atoms with Crippen molar-refractivity contribution in [3.63, 3.8) is 0 Å². The van der Waals surface area contributed by atoms with Crippen molar-refractivity contribution in [1.82, 2.24) is 0 Å². The van der Waals surface area contributed by atoms with Crippen LogP contribution in [0.1, 0.15) is 15.9 Å². The van der Waals surface area contributed by atoms with Gasteiger partial charge in [0.15, 0.2) is 0 Å². The highest BCUT2D eigenvalue weighted by Gasteiger charge is 2.11. The molecular weight excluding hydrogens is 225 g/mol. The average Bonchev–Trinajstić information content (AvgIpc) is 1.96. The van der Waals surface area contributed by atoms with Gasteiger partial charge in [-0.3, -0.25) is 4.79 Å². The molecule has 1 aromatic carbocycles. The molecule has 12 heavy (non-hydrogen) atoms. The second-order valence-corrected chi connectivity index (χ2v) is 3.33. The van der Waals surface area contributed by atoms with E-state index in [0.717, 1.165) is 5.56 Å². The standard InChI is InChI=1S/C8H7BrFNO/c1-4-2-5(8(11)12)7(10)6(9)3-4/h2-3H,1H3,(H2,11,12). The minimum atomic E-state index is -0.753. The van der Waals surface area contributed by atoms with E-state index in [-0.39, 0.29) is 10.0 Å². The summed E-state index contributed by atoms with van der Waals surface area (Å²) in [5, 5.41) is 0. The number of carbonyl (C=O) groups is 1. The summed E-state index contributed by atoms with van der Waals surface area (Å²) >= 11 is 2.98. The van der Waals surface area contributed by atoms with E-state index in [4.69, 9.17) is 5.73 Å². The van der Waals surface area contributed by atoms with Crippen molar-refractivity contribution < 1.29 is 9.18 Å². The number of primary amides is 1. The van der Waals surface area contributed by atoms with Gasteiger partial charge in [0.1, 0.15) is 5.82 Å². The maximum absolute atomic E-state index is 13.1. The second-order valence-electron chi connectivity index (χ2n) is 2.47. The first-order valence-electron chi connectivity index (χ1n) is 3.28. The van der Waals surface area contributed by atoms with Crippen LogP contribution >= 0.6 is 15.9 Å². The minimum Gasteiger partial charge on any atom is -0.366 e. The number of hydrogen-bond donors (Lipinski definition) is 1. The lowest BCUT2D eigenvalue weighted by Gasteiger charge is -2.01. The summed E-state index contributed by atoms with van der Waals surface area (Å²) in [6, 6.07) is 3.00. The molecule has 2 N–H and O–H groups in total. The number of benzene rings is 1. The van der Waals surface area contributed by atoms with Crippen LogP contribution in [0.15, 0.2) is 16.6 Å². The first-order chi connectivity index (χ1) is 5.52. The van der Waals surface area contributed by atoms with E-state index >= 15 is 0 Å². The Morgan fingerprint density at radius 3 is 2.67 bits per heavy atom. The van der Waals surface area contributed by atoms with Crippen LogP contribution in [0.25, 0.3) is 0 Å². The highest BCUT2D eigenvalue weighted by Crippen LogP contribution is 2.20. The Labute approximate surface area is 77.7 Å². The summed E-state index contributed by atoms with van der Waals surface area (Å²) in [7, 11) is 0. The van der Waals surface area contributed by atoms with Crippen LogP contribution in [-0.2, 0) is 0 Å². The van der Waals surface area contributed by atoms with E-state index in [1.54, 1.807) is 13.0 Å². The zero-order valence-corrected chi connectivity index (χ0v) is 7.98. The molecule has 2 nitrogen and oxygen atoms in total. The highest BCUT2D eigenvalue weighted by molar-refractivity contribution is 9.10. The topological polar surface area (TPSA) is 43.1 Å². The Morgan fingerprint density at radius 1 is 1.58 bits per heavy atom. The Hall–Kier alpha value is -0.900. The molecule has 1 aromatic rings. The summed E-state index contributed by atoms with van der Waals surface area (Å²) in [5.41, 5.74) is 5.66. The molecule has 0 aliphatic rings. The molecule has 0 unspecified atom stereocenters. The van der Waals surface area contributed by atoms with Gasteiger partial charge in [-0.05, 0) is 40.5 Å². The molecule has 0 radical (unpaired) electrons. The lowest BCUT2D eigenvalue weighted by Crippen LogP contribution is -2.13. The van der Waals surface area contributed by atoms with Gasteiger partial charge in [-0.25, -0.2) is 4.39 Å². The molecule has 0 fully saturated rings. The van der Waals surface area contributed by atoms with Crippen LogP contribution < -0.4 is 5.73 Å². The van der Waals surface area contributed by atoms with E-state index < -0.39 is 11.7 Å². The molecule has 4 heteroatoms. The van der Waals surface area contributed by atoms with Crippen molar-refractivity contribution in [2.75, 3.05) is 0 Å². The fourth-order valence-corrected chi connectivity index (χ4v) is 1.48. The Bertz CT molecular complexity index is 338. The molecule has 0 spiro atoms. The SMILES string of the molecule is Cc1cc(Br)c(F)c(C(N)=O)c1. The molecule has 0 bridgehead atoms. The van der Waals surface area contributed by atoms with Crippen molar-refractivity contribution in [2.45, 2.75) is 6.92 Å². The third-order valence-electron chi connectivity index (χ3n) is 1.44. The Kier molecular flexibility index (Phi) is 2.47. The van der Waals surface area contributed by atoms with Gasteiger partial charge in [-0.1, -0.05) is 0 Å². The van der Waals surface area contributed by atoms with Crippen LogP contribution in [-0.4, -0.2) is 5.91 Å². The second kappa shape index (κ2) is 3.23. The quantitative estimate of drug-likeness (QED) is 0.790. The highest BCUT2D eigenvalue weighted by atomic mass is 79.9.